The van der Waals surface area contributed by atoms with Gasteiger partial charge in [-0.25, -0.2) is 4.98 Å². The van der Waals surface area contributed by atoms with E-state index in [1.165, 1.54) is 16.3 Å². The zero-order chi connectivity index (χ0) is 29.9. The van der Waals surface area contributed by atoms with Crippen LogP contribution in [-0.2, 0) is 0 Å². The molecule has 5 nitrogen and oxygen atoms in total. The van der Waals surface area contributed by atoms with E-state index < -0.39 is 0 Å². The van der Waals surface area contributed by atoms with Crippen molar-refractivity contribution < 1.29 is 4.42 Å². The molecule has 45 heavy (non-hydrogen) atoms. The summed E-state index contributed by atoms with van der Waals surface area (Å²) < 4.78 is 8.94. The molecule has 0 aliphatic carbocycles. The van der Waals surface area contributed by atoms with Crippen molar-refractivity contribution in [2.45, 2.75) is 0 Å². The van der Waals surface area contributed by atoms with E-state index in [1.54, 1.807) is 0 Å². The topological polar surface area (TPSA) is 56.7 Å². The Morgan fingerprint density at radius 1 is 0.511 bits per heavy atom. The van der Waals surface area contributed by atoms with Gasteiger partial charge >= 0.3 is 0 Å². The average Bonchev–Trinajstić information content (AvgIpc) is 3.64. The highest BCUT2D eigenvalue weighted by Gasteiger charge is 2.20. The molecule has 0 aliphatic heterocycles. The molecule has 0 saturated heterocycles. The maximum absolute atomic E-state index is 6.61. The fourth-order valence-electron chi connectivity index (χ4n) is 6.44. The van der Waals surface area contributed by atoms with Crippen LogP contribution in [0.4, 0.5) is 0 Å². The van der Waals surface area contributed by atoms with Crippen LogP contribution in [0, 0.1) is 0 Å². The molecule has 6 aromatic carbocycles. The third kappa shape index (κ3) is 4.13. The van der Waals surface area contributed by atoms with Crippen LogP contribution in [0.5, 0.6) is 0 Å². The highest BCUT2D eigenvalue weighted by molar-refractivity contribution is 6.28. The molecule has 0 N–H and O–H groups in total. The molecule has 212 valence electrons. The fraction of sp³-hybridized carbons (Fsp3) is 0. The molecule has 0 amide bonds. The number of furan rings is 1. The molecule has 0 fully saturated rings. The third-order valence-electron chi connectivity index (χ3n) is 8.40. The van der Waals surface area contributed by atoms with E-state index in [2.05, 4.69) is 99.5 Å². The lowest BCUT2D eigenvalue weighted by molar-refractivity contribution is 0.670. The lowest BCUT2D eigenvalue weighted by Gasteiger charge is -2.08. The molecule has 0 spiro atoms. The summed E-state index contributed by atoms with van der Waals surface area (Å²) in [5.41, 5.74) is 8.86. The Kier molecular flexibility index (Phi) is 5.80. The Labute approximate surface area is 263 Å². The van der Waals surface area contributed by atoms with Gasteiger partial charge in [0.2, 0.25) is 5.28 Å². The van der Waals surface area contributed by atoms with Crippen molar-refractivity contribution >= 4 is 55.3 Å². The number of hydrogen-bond acceptors (Lipinski definition) is 4. The standard InChI is InChI=1S/C39H23ClN4O/c40-39-42-37(24-11-3-1-4-12-24)41-38(43-39)30-18-10-20-34-35(30)29-17-9-16-27(36(29)45-34)25-21-22-33-31(23-25)28-15-7-8-19-32(28)44(33)26-13-5-2-6-14-26/h1-23H. The SMILES string of the molecule is Clc1nc(-c2ccccc2)nc(-c2cccc3oc4c(-c5ccc6c(c5)c5ccccc5n6-c5ccccc5)cccc4c23)n1. The quantitative estimate of drug-likeness (QED) is 0.202. The van der Waals surface area contributed by atoms with E-state index in [4.69, 9.17) is 21.0 Å². The Morgan fingerprint density at radius 3 is 2.07 bits per heavy atom. The van der Waals surface area contributed by atoms with Gasteiger partial charge in [-0.3, -0.25) is 0 Å². The molecule has 6 heteroatoms. The van der Waals surface area contributed by atoms with E-state index in [0.717, 1.165) is 55.4 Å². The van der Waals surface area contributed by atoms with Crippen LogP contribution < -0.4 is 0 Å². The van der Waals surface area contributed by atoms with Crippen LogP contribution in [0.15, 0.2) is 144 Å². The van der Waals surface area contributed by atoms with Gasteiger partial charge in [0.05, 0.1) is 11.0 Å². The van der Waals surface area contributed by atoms with Crippen LogP contribution in [0.25, 0.3) is 83.3 Å². The number of halogens is 1. The molecular weight excluding hydrogens is 576 g/mol. The summed E-state index contributed by atoms with van der Waals surface area (Å²) in [6.45, 7) is 0. The number of fused-ring (bicyclic) bond motifs is 6. The van der Waals surface area contributed by atoms with Gasteiger partial charge < -0.3 is 8.98 Å². The summed E-state index contributed by atoms with van der Waals surface area (Å²) in [5, 5.41) is 4.47. The second-order valence-corrected chi connectivity index (χ2v) is 11.3. The molecule has 0 bridgehead atoms. The number of benzene rings is 6. The first kappa shape index (κ1) is 25.7. The van der Waals surface area contributed by atoms with E-state index in [0.29, 0.717) is 11.6 Å². The minimum atomic E-state index is 0.146. The summed E-state index contributed by atoms with van der Waals surface area (Å²) >= 11 is 6.44. The van der Waals surface area contributed by atoms with Crippen molar-refractivity contribution in [1.82, 2.24) is 19.5 Å². The van der Waals surface area contributed by atoms with Gasteiger partial charge in [-0.15, -0.1) is 0 Å². The molecule has 0 saturated carbocycles. The molecule has 0 atom stereocenters. The molecule has 9 aromatic rings. The van der Waals surface area contributed by atoms with Gasteiger partial charge in [0.1, 0.15) is 11.2 Å². The van der Waals surface area contributed by atoms with E-state index in [9.17, 15) is 0 Å². The monoisotopic (exact) mass is 598 g/mol. The van der Waals surface area contributed by atoms with Crippen molar-refractivity contribution in [3.63, 3.8) is 0 Å². The molecular formula is C39H23ClN4O. The van der Waals surface area contributed by atoms with Gasteiger partial charge in [0, 0.05) is 43.9 Å². The van der Waals surface area contributed by atoms with Crippen molar-refractivity contribution in [2.75, 3.05) is 0 Å². The normalized spacial score (nSPS) is 11.7. The molecule has 0 unspecified atom stereocenters. The van der Waals surface area contributed by atoms with Crippen molar-refractivity contribution in [2.24, 2.45) is 0 Å². The van der Waals surface area contributed by atoms with E-state index >= 15 is 0 Å². The number of hydrogen-bond donors (Lipinski definition) is 0. The van der Waals surface area contributed by atoms with Crippen molar-refractivity contribution in [3.8, 4) is 39.6 Å². The second-order valence-electron chi connectivity index (χ2n) is 11.0. The predicted molar refractivity (Wildman–Crippen MR) is 183 cm³/mol. The first-order valence-corrected chi connectivity index (χ1v) is 15.1. The number of aromatic nitrogens is 4. The zero-order valence-electron chi connectivity index (χ0n) is 23.9. The van der Waals surface area contributed by atoms with Crippen LogP contribution in [0.1, 0.15) is 0 Å². The van der Waals surface area contributed by atoms with Crippen LogP contribution in [-0.4, -0.2) is 19.5 Å². The van der Waals surface area contributed by atoms with Crippen LogP contribution in [0.3, 0.4) is 0 Å². The number of nitrogens with zero attached hydrogens (tertiary/aromatic N) is 4. The lowest BCUT2D eigenvalue weighted by Crippen LogP contribution is -1.97. The zero-order valence-corrected chi connectivity index (χ0v) is 24.6. The molecule has 0 radical (unpaired) electrons. The highest BCUT2D eigenvalue weighted by Crippen LogP contribution is 2.41. The van der Waals surface area contributed by atoms with Crippen LogP contribution in [0.2, 0.25) is 5.28 Å². The van der Waals surface area contributed by atoms with Gasteiger partial charge in [-0.2, -0.15) is 9.97 Å². The average molecular weight is 599 g/mol. The first-order valence-electron chi connectivity index (χ1n) is 14.7. The predicted octanol–water partition coefficient (Wildman–Crippen LogP) is 10.5. The van der Waals surface area contributed by atoms with Crippen molar-refractivity contribution in [1.29, 1.82) is 0 Å². The van der Waals surface area contributed by atoms with Crippen LogP contribution >= 0.6 is 11.6 Å². The minimum Gasteiger partial charge on any atom is -0.455 e. The number of rotatable bonds is 4. The Hall–Kier alpha value is -5.78. The second kappa shape index (κ2) is 10.2. The summed E-state index contributed by atoms with van der Waals surface area (Å²) in [6, 6.07) is 47.8. The minimum absolute atomic E-state index is 0.146. The maximum atomic E-state index is 6.61. The number of para-hydroxylation sites is 3. The molecule has 9 rings (SSSR count). The van der Waals surface area contributed by atoms with E-state index in [-0.39, 0.29) is 5.28 Å². The summed E-state index contributed by atoms with van der Waals surface area (Å²) in [7, 11) is 0. The molecule has 3 aromatic heterocycles. The summed E-state index contributed by atoms with van der Waals surface area (Å²) in [5.74, 6) is 1.03. The van der Waals surface area contributed by atoms with Gasteiger partial charge in [-0.05, 0) is 53.6 Å². The van der Waals surface area contributed by atoms with Crippen molar-refractivity contribution in [3.05, 3.63) is 145 Å². The smallest absolute Gasteiger partial charge is 0.226 e. The Morgan fingerprint density at radius 2 is 1.20 bits per heavy atom. The van der Waals surface area contributed by atoms with Gasteiger partial charge in [0.25, 0.3) is 0 Å². The van der Waals surface area contributed by atoms with Gasteiger partial charge in [-0.1, -0.05) is 103 Å². The maximum Gasteiger partial charge on any atom is 0.226 e. The summed E-state index contributed by atoms with van der Waals surface area (Å²) in [4.78, 5) is 13.8. The first-order chi connectivity index (χ1) is 22.2. The summed E-state index contributed by atoms with van der Waals surface area (Å²) in [6.07, 6.45) is 0. The largest absolute Gasteiger partial charge is 0.455 e. The van der Waals surface area contributed by atoms with Gasteiger partial charge in [0.15, 0.2) is 11.6 Å². The highest BCUT2D eigenvalue weighted by atomic mass is 35.5. The fourth-order valence-corrected chi connectivity index (χ4v) is 6.60. The third-order valence-corrected chi connectivity index (χ3v) is 8.57. The van der Waals surface area contributed by atoms with E-state index in [1.807, 2.05) is 54.6 Å². The Bertz CT molecular complexity index is 2550. The molecule has 3 heterocycles. The Balaban J connectivity index is 1.25. The molecule has 0 aliphatic rings. The lowest BCUT2D eigenvalue weighted by atomic mass is 9.99.